The number of hydrogen-bond donors (Lipinski definition) is 4. The second kappa shape index (κ2) is 23.5. The van der Waals surface area contributed by atoms with Crippen LogP contribution in [0.2, 0.25) is 0 Å². The minimum atomic E-state index is -3.64. The number of halogens is 1. The lowest BCUT2D eigenvalue weighted by atomic mass is 9.98. The third-order valence-electron chi connectivity index (χ3n) is 10.8. The molecule has 0 unspecified atom stereocenters. The van der Waals surface area contributed by atoms with Crippen LogP contribution in [0.15, 0.2) is 92.0 Å². The second-order valence-electron chi connectivity index (χ2n) is 18.4. The van der Waals surface area contributed by atoms with Crippen LogP contribution in [0.25, 0.3) is 0 Å². The van der Waals surface area contributed by atoms with Gasteiger partial charge in [0.2, 0.25) is 19.1 Å². The maximum Gasteiger partial charge on any atom is 0.252 e. The Morgan fingerprint density at radius 2 is 1.03 bits per heavy atom. The predicted octanol–water partition coefficient (Wildman–Crippen LogP) is 5.46. The number of thiophene rings is 2. The highest BCUT2D eigenvalue weighted by molar-refractivity contribution is 8.13. The van der Waals surface area contributed by atoms with Crippen molar-refractivity contribution in [3.63, 3.8) is 0 Å². The highest BCUT2D eigenvalue weighted by Crippen LogP contribution is 2.31. The van der Waals surface area contributed by atoms with Crippen LogP contribution >= 0.6 is 33.4 Å². The number of nitrogens with two attached hydrogens (primary N) is 1. The van der Waals surface area contributed by atoms with Gasteiger partial charge in [-0.1, -0.05) is 64.1 Å². The summed E-state index contributed by atoms with van der Waals surface area (Å²) in [5, 5.41) is 23.8. The van der Waals surface area contributed by atoms with Gasteiger partial charge in [0, 0.05) is 74.4 Å². The van der Waals surface area contributed by atoms with Gasteiger partial charge in [-0.25, -0.2) is 38.4 Å². The van der Waals surface area contributed by atoms with Gasteiger partial charge in [0.15, 0.2) is 0 Å². The zero-order valence-corrected chi connectivity index (χ0v) is 45.0. The minimum absolute atomic E-state index is 0.0111. The van der Waals surface area contributed by atoms with E-state index in [0.717, 1.165) is 22.5 Å². The zero-order valence-electron chi connectivity index (χ0n) is 39.3. The first kappa shape index (κ1) is 56.9. The SMILES string of the molecule is CC(C)(O)c1ccc(N2CCN(S(=O)(=O)c3cccs3)C[C@@H]2CN)cc1.CC(C)CS(=O)(=O)Cl.CC(C)CS(=O)(=O)NC[C@H]1CN(S(=O)(=O)c2cccs2)CCN1c1ccc(C(C)(C)O)cc1. The molecule has 0 radical (unpaired) electrons. The standard InChI is InChI=1S/C22H33N3O5S3.C18H25N3O3S2.C4H9ClO2S/c1-17(2)16-32(27,28)23-14-20-15-24(33(29,30)21-6-5-13-31-21)11-12-25(20)19-9-7-18(8-10-19)22(3,4)26;1-18(2,22)14-5-7-15(8-6-14)21-10-9-20(13-16(21)12-19)26(23,24)17-4-3-11-25-17;1-4(2)3-8(5,6)7/h5-10,13,17,20,23,26H,11-12,14-16H2,1-4H3;3-8,11,16,22H,9-10,12-13,19H2,1-2H3;4H,3H2,1-2H3/t20-;16-;/m00./s1. The maximum absolute atomic E-state index is 13.1. The Balaban J connectivity index is 0.000000256. The molecule has 0 saturated carbocycles. The highest BCUT2D eigenvalue weighted by atomic mass is 35.7. The average Bonchev–Trinajstić information content (AvgIpc) is 3.99. The lowest BCUT2D eigenvalue weighted by molar-refractivity contribution is 0.0780. The van der Waals surface area contributed by atoms with Crippen molar-refractivity contribution in [1.29, 1.82) is 0 Å². The number of benzene rings is 2. The molecule has 0 spiro atoms. The predicted molar refractivity (Wildman–Crippen MR) is 272 cm³/mol. The van der Waals surface area contributed by atoms with Crippen molar-refractivity contribution >= 4 is 83.9 Å². The van der Waals surface area contributed by atoms with Gasteiger partial charge in [0.25, 0.3) is 20.0 Å². The van der Waals surface area contributed by atoms with Crippen molar-refractivity contribution in [2.45, 2.75) is 87.1 Å². The van der Waals surface area contributed by atoms with Crippen molar-refractivity contribution in [2.24, 2.45) is 17.6 Å². The first-order valence-electron chi connectivity index (χ1n) is 21.8. The van der Waals surface area contributed by atoms with E-state index in [9.17, 15) is 43.9 Å². The molecule has 16 nitrogen and oxygen atoms in total. The van der Waals surface area contributed by atoms with E-state index in [1.807, 2.05) is 67.3 Å². The summed E-state index contributed by atoms with van der Waals surface area (Å²) >= 11 is 2.41. The Morgan fingerprint density at radius 1 is 0.642 bits per heavy atom. The molecule has 0 bridgehead atoms. The fraction of sp³-hybridized carbons (Fsp3) is 0.545. The molecule has 0 aliphatic carbocycles. The van der Waals surface area contributed by atoms with E-state index in [1.54, 1.807) is 76.6 Å². The Morgan fingerprint density at radius 3 is 1.34 bits per heavy atom. The Labute approximate surface area is 411 Å². The molecule has 2 aliphatic heterocycles. The number of piperazine rings is 2. The van der Waals surface area contributed by atoms with Gasteiger partial charge in [-0.2, -0.15) is 8.61 Å². The molecule has 23 heteroatoms. The summed E-state index contributed by atoms with van der Waals surface area (Å²) in [7, 11) is -8.93. The molecular weight excluding hydrogens is 1000 g/mol. The van der Waals surface area contributed by atoms with E-state index in [1.165, 1.54) is 31.3 Å². The Hall–Kier alpha value is -2.71. The Bertz CT molecular complexity index is 2600. The van der Waals surface area contributed by atoms with E-state index >= 15 is 0 Å². The Kier molecular flexibility index (Phi) is 19.9. The monoisotopic (exact) mass is 1070 g/mol. The van der Waals surface area contributed by atoms with Crippen LogP contribution < -0.4 is 20.3 Å². The van der Waals surface area contributed by atoms with Gasteiger partial charge in [-0.3, -0.25) is 0 Å². The fourth-order valence-electron chi connectivity index (χ4n) is 7.46. The summed E-state index contributed by atoms with van der Waals surface area (Å²) in [5.74, 6) is 0.179. The molecule has 0 amide bonds. The molecule has 67 heavy (non-hydrogen) atoms. The highest BCUT2D eigenvalue weighted by Gasteiger charge is 2.37. The van der Waals surface area contributed by atoms with E-state index in [0.29, 0.717) is 43.5 Å². The molecule has 6 rings (SSSR count). The molecular formula is C44H67ClN6O10S6. The zero-order chi connectivity index (χ0) is 50.2. The maximum atomic E-state index is 13.1. The van der Waals surface area contributed by atoms with Crippen LogP contribution in [0.5, 0.6) is 0 Å². The van der Waals surface area contributed by atoms with Crippen molar-refractivity contribution < 1.29 is 43.9 Å². The van der Waals surface area contributed by atoms with Crippen LogP contribution in [0.1, 0.15) is 66.5 Å². The molecule has 4 heterocycles. The normalized spacial score (nSPS) is 18.4. The van der Waals surface area contributed by atoms with Gasteiger partial charge in [0.1, 0.15) is 8.42 Å². The molecule has 2 fully saturated rings. The molecule has 2 aromatic carbocycles. The van der Waals surface area contributed by atoms with Gasteiger partial charge in [-0.05, 0) is 97.8 Å². The lowest BCUT2D eigenvalue weighted by Crippen LogP contribution is -2.58. The lowest BCUT2D eigenvalue weighted by Gasteiger charge is -2.42. The second-order valence-corrected chi connectivity index (χ2v) is 29.3. The fourth-order valence-corrected chi connectivity index (χ4v) is 15.7. The van der Waals surface area contributed by atoms with Crippen LogP contribution in [-0.2, 0) is 50.3 Å². The summed E-state index contributed by atoms with van der Waals surface area (Å²) in [4.78, 5) is 4.18. The quantitative estimate of drug-likeness (QED) is 0.103. The third-order valence-corrected chi connectivity index (χ3v) is 20.4. The topological polar surface area (TPSA) is 228 Å². The first-order chi connectivity index (χ1) is 30.9. The van der Waals surface area contributed by atoms with Gasteiger partial charge < -0.3 is 25.7 Å². The van der Waals surface area contributed by atoms with Crippen LogP contribution in [0, 0.1) is 11.8 Å². The summed E-state index contributed by atoms with van der Waals surface area (Å²) < 4.78 is 103. The van der Waals surface area contributed by atoms with E-state index in [2.05, 4.69) is 9.62 Å². The smallest absolute Gasteiger partial charge is 0.252 e. The van der Waals surface area contributed by atoms with Gasteiger partial charge in [0.05, 0.1) is 34.8 Å². The molecule has 2 saturated heterocycles. The van der Waals surface area contributed by atoms with Crippen molar-refractivity contribution in [3.05, 3.63) is 94.7 Å². The largest absolute Gasteiger partial charge is 0.386 e. The molecule has 5 N–H and O–H groups in total. The number of sulfonamides is 3. The van der Waals surface area contributed by atoms with E-state index in [4.69, 9.17) is 16.4 Å². The van der Waals surface area contributed by atoms with Crippen LogP contribution in [-0.4, -0.2) is 128 Å². The molecule has 376 valence electrons. The van der Waals surface area contributed by atoms with E-state index < -0.39 is 50.3 Å². The summed E-state index contributed by atoms with van der Waals surface area (Å²) in [6.45, 7) is 16.9. The molecule has 2 aliphatic rings. The summed E-state index contributed by atoms with van der Waals surface area (Å²) in [6.07, 6.45) is 0. The summed E-state index contributed by atoms with van der Waals surface area (Å²) in [5.41, 5.74) is 7.53. The van der Waals surface area contributed by atoms with Gasteiger partial charge >= 0.3 is 0 Å². The molecule has 2 aromatic heterocycles. The van der Waals surface area contributed by atoms with Crippen molar-refractivity contribution in [2.75, 3.05) is 73.7 Å². The minimum Gasteiger partial charge on any atom is -0.386 e. The average molecular weight is 1070 g/mol. The van der Waals surface area contributed by atoms with Crippen molar-refractivity contribution in [1.82, 2.24) is 13.3 Å². The number of nitrogens with one attached hydrogen (secondary N) is 1. The first-order valence-corrected chi connectivity index (χ1v) is 30.6. The molecule has 4 aromatic rings. The molecule has 2 atom stereocenters. The summed E-state index contributed by atoms with van der Waals surface area (Å²) in [6, 6.07) is 21.4. The van der Waals surface area contributed by atoms with Crippen molar-refractivity contribution in [3.8, 4) is 0 Å². The third kappa shape index (κ3) is 16.7. The number of rotatable bonds is 16. The van der Waals surface area contributed by atoms with Crippen LogP contribution in [0.4, 0.5) is 11.4 Å². The van der Waals surface area contributed by atoms with E-state index in [-0.39, 0.29) is 52.7 Å². The number of hydrogen-bond acceptors (Lipinski definition) is 15. The number of anilines is 2. The van der Waals surface area contributed by atoms with Crippen LogP contribution in [0.3, 0.4) is 0 Å². The van der Waals surface area contributed by atoms with Gasteiger partial charge in [-0.15, -0.1) is 22.7 Å². The number of aliphatic hydroxyl groups is 2. The number of nitrogens with zero attached hydrogens (tertiary/aromatic N) is 4.